The third-order valence-electron chi connectivity index (χ3n) is 2.45. The summed E-state index contributed by atoms with van der Waals surface area (Å²) >= 11 is 5.72. The SMILES string of the molecule is CN(CCS(C)(=O)=O)S(=O)(=O)c1ccc(Cl)c(N)c1. The Morgan fingerprint density at radius 3 is 2.32 bits per heavy atom. The molecule has 0 bridgehead atoms. The van der Waals surface area contributed by atoms with Crippen LogP contribution in [0.5, 0.6) is 0 Å². The lowest BCUT2D eigenvalue weighted by atomic mass is 10.3. The molecule has 0 aromatic heterocycles. The van der Waals surface area contributed by atoms with Crippen LogP contribution in [0.1, 0.15) is 0 Å². The monoisotopic (exact) mass is 326 g/mol. The molecule has 0 aliphatic rings. The number of sulfone groups is 1. The first-order valence-corrected chi connectivity index (χ1v) is 9.11. The lowest BCUT2D eigenvalue weighted by Crippen LogP contribution is -2.31. The highest BCUT2D eigenvalue weighted by atomic mass is 35.5. The molecular weight excluding hydrogens is 312 g/mol. The minimum Gasteiger partial charge on any atom is -0.397 e. The van der Waals surface area contributed by atoms with E-state index in [1.54, 1.807) is 0 Å². The largest absolute Gasteiger partial charge is 0.397 e. The van der Waals surface area contributed by atoms with E-state index in [1.807, 2.05) is 0 Å². The molecule has 108 valence electrons. The summed E-state index contributed by atoms with van der Waals surface area (Å²) in [6.07, 6.45) is 1.05. The second kappa shape index (κ2) is 5.66. The van der Waals surface area contributed by atoms with E-state index in [-0.39, 0.29) is 27.9 Å². The Bertz CT molecular complexity index is 671. The first-order valence-electron chi connectivity index (χ1n) is 5.23. The quantitative estimate of drug-likeness (QED) is 0.798. The molecule has 0 spiro atoms. The van der Waals surface area contributed by atoms with Gasteiger partial charge < -0.3 is 5.73 Å². The zero-order valence-corrected chi connectivity index (χ0v) is 12.9. The van der Waals surface area contributed by atoms with E-state index in [0.29, 0.717) is 0 Å². The van der Waals surface area contributed by atoms with Crippen molar-refractivity contribution in [2.75, 3.05) is 31.3 Å². The first kappa shape index (κ1) is 16.2. The zero-order valence-electron chi connectivity index (χ0n) is 10.5. The molecule has 0 heterocycles. The van der Waals surface area contributed by atoms with Crippen molar-refractivity contribution in [1.82, 2.24) is 4.31 Å². The van der Waals surface area contributed by atoms with Gasteiger partial charge in [0, 0.05) is 19.8 Å². The van der Waals surface area contributed by atoms with E-state index in [4.69, 9.17) is 17.3 Å². The number of nitrogens with zero attached hydrogens (tertiary/aromatic N) is 1. The molecule has 1 aromatic carbocycles. The number of anilines is 1. The molecule has 0 aliphatic heterocycles. The Morgan fingerprint density at radius 2 is 1.84 bits per heavy atom. The molecule has 0 amide bonds. The predicted molar refractivity (Wildman–Crippen MR) is 75.4 cm³/mol. The fourth-order valence-electron chi connectivity index (χ4n) is 1.28. The lowest BCUT2D eigenvalue weighted by Gasteiger charge is -2.17. The Morgan fingerprint density at radius 1 is 1.26 bits per heavy atom. The maximum atomic E-state index is 12.1. The zero-order chi connectivity index (χ0) is 14.8. The molecule has 6 nitrogen and oxygen atoms in total. The molecule has 2 N–H and O–H groups in total. The minimum absolute atomic E-state index is 0.0228. The van der Waals surface area contributed by atoms with Gasteiger partial charge in [0.1, 0.15) is 9.84 Å². The summed E-state index contributed by atoms with van der Waals surface area (Å²) < 4.78 is 47.3. The van der Waals surface area contributed by atoms with Crippen molar-refractivity contribution in [1.29, 1.82) is 0 Å². The van der Waals surface area contributed by atoms with Crippen molar-refractivity contribution in [2.24, 2.45) is 0 Å². The van der Waals surface area contributed by atoms with E-state index >= 15 is 0 Å². The summed E-state index contributed by atoms with van der Waals surface area (Å²) in [5, 5.41) is 0.262. The molecule has 0 atom stereocenters. The van der Waals surface area contributed by atoms with Gasteiger partial charge >= 0.3 is 0 Å². The van der Waals surface area contributed by atoms with Gasteiger partial charge in [0.05, 0.1) is 21.4 Å². The number of rotatable bonds is 5. The van der Waals surface area contributed by atoms with Gasteiger partial charge in [-0.2, -0.15) is 4.31 Å². The third-order valence-corrected chi connectivity index (χ3v) is 5.57. The van der Waals surface area contributed by atoms with E-state index in [9.17, 15) is 16.8 Å². The maximum Gasteiger partial charge on any atom is 0.242 e. The third kappa shape index (κ3) is 4.34. The van der Waals surface area contributed by atoms with Crippen LogP contribution in [0.25, 0.3) is 0 Å². The number of benzene rings is 1. The number of hydrogen-bond acceptors (Lipinski definition) is 5. The highest BCUT2D eigenvalue weighted by Crippen LogP contribution is 2.23. The average Bonchev–Trinajstić information content (AvgIpc) is 2.28. The molecule has 0 aliphatic carbocycles. The van der Waals surface area contributed by atoms with Gasteiger partial charge in [-0.3, -0.25) is 0 Å². The number of nitrogens with two attached hydrogens (primary N) is 1. The van der Waals surface area contributed by atoms with Gasteiger partial charge in [0.2, 0.25) is 10.0 Å². The standard InChI is InChI=1S/C10H15ClN2O4S2/c1-13(5-6-18(2,14)15)19(16,17)8-3-4-9(11)10(12)7-8/h3-4,7H,5-6,12H2,1-2H3. The van der Waals surface area contributed by atoms with Crippen LogP contribution >= 0.6 is 11.6 Å². The summed E-state index contributed by atoms with van der Waals surface area (Å²) in [4.78, 5) is -0.0228. The number of halogens is 1. The Balaban J connectivity index is 3.00. The first-order chi connectivity index (χ1) is 8.54. The molecule has 0 radical (unpaired) electrons. The Labute approximate surface area is 118 Å². The van der Waals surface area contributed by atoms with Crippen molar-refractivity contribution in [3.63, 3.8) is 0 Å². The van der Waals surface area contributed by atoms with Crippen LogP contribution in [0.15, 0.2) is 23.1 Å². The second-order valence-corrected chi connectivity index (χ2v) is 8.85. The van der Waals surface area contributed by atoms with Gasteiger partial charge in [-0.15, -0.1) is 0 Å². The average molecular weight is 327 g/mol. The van der Waals surface area contributed by atoms with E-state index in [2.05, 4.69) is 0 Å². The number of sulfonamides is 1. The molecule has 0 saturated heterocycles. The van der Waals surface area contributed by atoms with Gasteiger partial charge in [-0.05, 0) is 18.2 Å². The summed E-state index contributed by atoms with van der Waals surface area (Å²) in [6, 6.07) is 3.95. The van der Waals surface area contributed by atoms with Crippen molar-refractivity contribution in [3.05, 3.63) is 23.2 Å². The fraction of sp³-hybridized carbons (Fsp3) is 0.400. The van der Waals surface area contributed by atoms with Gasteiger partial charge in [-0.25, -0.2) is 16.8 Å². The summed E-state index contributed by atoms with van der Waals surface area (Å²) in [6.45, 7) is -0.121. The summed E-state index contributed by atoms with van der Waals surface area (Å²) in [5.74, 6) is -0.244. The Kier molecular flexibility index (Phi) is 4.83. The number of hydrogen-bond donors (Lipinski definition) is 1. The fourth-order valence-corrected chi connectivity index (χ4v) is 3.32. The Hall–Kier alpha value is -0.830. The van der Waals surface area contributed by atoms with Crippen LogP contribution in [0.4, 0.5) is 5.69 Å². The molecule has 1 aromatic rings. The van der Waals surface area contributed by atoms with E-state index < -0.39 is 19.9 Å². The normalized spacial score (nSPS) is 12.8. The molecule has 0 saturated carbocycles. The van der Waals surface area contributed by atoms with Crippen LogP contribution in [-0.2, 0) is 19.9 Å². The molecule has 0 fully saturated rings. The van der Waals surface area contributed by atoms with Crippen LogP contribution in [-0.4, -0.2) is 46.7 Å². The maximum absolute atomic E-state index is 12.1. The summed E-state index contributed by atoms with van der Waals surface area (Å²) in [7, 11) is -5.69. The van der Waals surface area contributed by atoms with Gasteiger partial charge in [-0.1, -0.05) is 11.6 Å². The van der Waals surface area contributed by atoms with Crippen molar-refractivity contribution >= 4 is 37.1 Å². The van der Waals surface area contributed by atoms with Crippen molar-refractivity contribution < 1.29 is 16.8 Å². The molecular formula is C10H15ClN2O4S2. The van der Waals surface area contributed by atoms with Gasteiger partial charge in [0.15, 0.2) is 0 Å². The van der Waals surface area contributed by atoms with Crippen LogP contribution in [0, 0.1) is 0 Å². The molecule has 0 unspecified atom stereocenters. The molecule has 1 rings (SSSR count). The van der Waals surface area contributed by atoms with E-state index in [1.165, 1.54) is 25.2 Å². The smallest absolute Gasteiger partial charge is 0.242 e. The van der Waals surface area contributed by atoms with Crippen LogP contribution in [0.3, 0.4) is 0 Å². The lowest BCUT2D eigenvalue weighted by molar-refractivity contribution is 0.485. The predicted octanol–water partition coefficient (Wildman–Crippen LogP) is 0.587. The van der Waals surface area contributed by atoms with Crippen molar-refractivity contribution in [2.45, 2.75) is 4.90 Å². The highest BCUT2D eigenvalue weighted by Gasteiger charge is 2.22. The summed E-state index contributed by atoms with van der Waals surface area (Å²) in [5.41, 5.74) is 5.70. The minimum atomic E-state index is -3.77. The second-order valence-electron chi connectivity index (χ2n) is 4.14. The molecule has 19 heavy (non-hydrogen) atoms. The van der Waals surface area contributed by atoms with Gasteiger partial charge in [0.25, 0.3) is 0 Å². The van der Waals surface area contributed by atoms with Crippen LogP contribution < -0.4 is 5.73 Å². The van der Waals surface area contributed by atoms with E-state index in [0.717, 1.165) is 10.6 Å². The molecule has 9 heteroatoms. The number of nitrogen functional groups attached to an aromatic ring is 1. The van der Waals surface area contributed by atoms with Crippen LogP contribution in [0.2, 0.25) is 5.02 Å². The highest BCUT2D eigenvalue weighted by molar-refractivity contribution is 7.91. The topological polar surface area (TPSA) is 97.5 Å². The van der Waals surface area contributed by atoms with Crippen molar-refractivity contribution in [3.8, 4) is 0 Å².